The third-order valence-corrected chi connectivity index (χ3v) is 2.16. The lowest BCUT2D eigenvalue weighted by Crippen LogP contribution is -2.17. The summed E-state index contributed by atoms with van der Waals surface area (Å²) < 4.78 is 3.12. The van der Waals surface area contributed by atoms with Crippen LogP contribution in [0.1, 0.15) is 11.6 Å². The lowest BCUT2D eigenvalue weighted by atomic mass is 10.1. The van der Waals surface area contributed by atoms with Gasteiger partial charge in [-0.2, -0.15) is 0 Å². The van der Waals surface area contributed by atoms with Gasteiger partial charge in [-0.15, -0.1) is 0 Å². The summed E-state index contributed by atoms with van der Waals surface area (Å²) in [5.74, 6) is 0. The first-order valence-corrected chi connectivity index (χ1v) is 5.05. The molecule has 0 aromatic heterocycles. The van der Waals surface area contributed by atoms with Gasteiger partial charge in [0.1, 0.15) is 0 Å². The minimum Gasteiger partial charge on any atom is -0.394 e. The number of hydrogen-bond donors (Lipinski definition) is 2. The number of aliphatic hydroxyl groups is 1. The molecule has 1 aromatic rings. The summed E-state index contributed by atoms with van der Waals surface area (Å²) in [5.41, 5.74) is 1.12. The van der Waals surface area contributed by atoms with Gasteiger partial charge in [0.05, 0.1) is 12.6 Å². The summed E-state index contributed by atoms with van der Waals surface area (Å²) >= 11 is 1.52. The van der Waals surface area contributed by atoms with E-state index >= 15 is 0 Å². The van der Waals surface area contributed by atoms with E-state index in [1.165, 1.54) is 11.9 Å². The van der Waals surface area contributed by atoms with Crippen LogP contribution in [0.5, 0.6) is 0 Å². The summed E-state index contributed by atoms with van der Waals surface area (Å²) in [6, 6.07) is 9.96. The highest BCUT2D eigenvalue weighted by Crippen LogP contribution is 2.13. The number of nitrogens with one attached hydrogen (secondary N) is 1. The summed E-state index contributed by atoms with van der Waals surface area (Å²) in [4.78, 5) is 0. The first kappa shape index (κ1) is 9.58. The van der Waals surface area contributed by atoms with E-state index in [9.17, 15) is 0 Å². The zero-order valence-electron chi connectivity index (χ0n) is 7.03. The van der Waals surface area contributed by atoms with Crippen molar-refractivity contribution in [2.45, 2.75) is 6.04 Å². The predicted molar refractivity (Wildman–Crippen MR) is 52.9 cm³/mol. The number of rotatable bonds is 4. The molecule has 1 rings (SSSR count). The molecule has 0 saturated carbocycles. The first-order chi connectivity index (χ1) is 5.88. The van der Waals surface area contributed by atoms with Gasteiger partial charge in [0, 0.05) is 0 Å². The fraction of sp³-hybridized carbons (Fsp3) is 0.333. The highest BCUT2D eigenvalue weighted by molar-refractivity contribution is 7.96. The van der Waals surface area contributed by atoms with Crippen LogP contribution in [-0.2, 0) is 0 Å². The van der Waals surface area contributed by atoms with E-state index in [0.717, 1.165) is 5.56 Å². The smallest absolute Gasteiger partial charge is 0.0652 e. The Bertz CT molecular complexity index is 215. The summed E-state index contributed by atoms with van der Waals surface area (Å²) in [7, 11) is 0. The van der Waals surface area contributed by atoms with Crippen molar-refractivity contribution in [3.05, 3.63) is 35.9 Å². The lowest BCUT2D eigenvalue weighted by molar-refractivity contribution is 0.261. The Morgan fingerprint density at radius 1 is 1.42 bits per heavy atom. The quantitative estimate of drug-likeness (QED) is 0.695. The number of hydrogen-bond acceptors (Lipinski definition) is 3. The largest absolute Gasteiger partial charge is 0.394 e. The molecular weight excluding hydrogens is 170 g/mol. The normalized spacial score (nSPS) is 12.8. The molecule has 0 radical (unpaired) electrons. The maximum atomic E-state index is 9.03. The van der Waals surface area contributed by atoms with Crippen molar-refractivity contribution in [1.82, 2.24) is 4.72 Å². The second-order valence-corrected chi connectivity index (χ2v) is 3.11. The van der Waals surface area contributed by atoms with Crippen LogP contribution in [0.3, 0.4) is 0 Å². The van der Waals surface area contributed by atoms with Crippen molar-refractivity contribution in [2.75, 3.05) is 12.9 Å². The maximum Gasteiger partial charge on any atom is 0.0652 e. The van der Waals surface area contributed by atoms with E-state index in [0.29, 0.717) is 0 Å². The molecule has 0 amide bonds. The Morgan fingerprint density at radius 3 is 2.58 bits per heavy atom. The Kier molecular flexibility index (Phi) is 4.14. The molecule has 0 heterocycles. The van der Waals surface area contributed by atoms with E-state index in [4.69, 9.17) is 5.11 Å². The molecule has 1 aromatic carbocycles. The average Bonchev–Trinajstić information content (AvgIpc) is 2.15. The maximum absolute atomic E-state index is 9.03. The molecule has 66 valence electrons. The van der Waals surface area contributed by atoms with Crippen LogP contribution >= 0.6 is 11.9 Å². The van der Waals surface area contributed by atoms with Gasteiger partial charge < -0.3 is 5.11 Å². The third-order valence-electron chi connectivity index (χ3n) is 1.64. The van der Waals surface area contributed by atoms with E-state index in [2.05, 4.69) is 4.72 Å². The van der Waals surface area contributed by atoms with Crippen LogP contribution in [0.25, 0.3) is 0 Å². The molecule has 3 heteroatoms. The molecule has 0 aliphatic carbocycles. The summed E-state index contributed by atoms with van der Waals surface area (Å²) in [6.07, 6.45) is 1.95. The molecule has 1 atom stereocenters. The fourth-order valence-electron chi connectivity index (χ4n) is 1.04. The van der Waals surface area contributed by atoms with Crippen molar-refractivity contribution < 1.29 is 5.11 Å². The van der Waals surface area contributed by atoms with Gasteiger partial charge >= 0.3 is 0 Å². The van der Waals surface area contributed by atoms with Crippen LogP contribution in [0.4, 0.5) is 0 Å². The van der Waals surface area contributed by atoms with Crippen LogP contribution in [0, 0.1) is 0 Å². The van der Waals surface area contributed by atoms with Crippen LogP contribution < -0.4 is 4.72 Å². The van der Waals surface area contributed by atoms with Gasteiger partial charge in [-0.3, -0.25) is 4.72 Å². The number of benzene rings is 1. The van der Waals surface area contributed by atoms with Gasteiger partial charge in [-0.1, -0.05) is 42.3 Å². The summed E-state index contributed by atoms with van der Waals surface area (Å²) in [5, 5.41) is 9.03. The lowest BCUT2D eigenvalue weighted by Gasteiger charge is -2.13. The predicted octanol–water partition coefficient (Wildman–Crippen LogP) is 1.59. The molecule has 2 nitrogen and oxygen atoms in total. The zero-order valence-corrected chi connectivity index (χ0v) is 7.84. The van der Waals surface area contributed by atoms with E-state index in [-0.39, 0.29) is 12.6 Å². The van der Waals surface area contributed by atoms with Crippen molar-refractivity contribution in [3.63, 3.8) is 0 Å². The molecule has 0 aliphatic rings. The molecule has 0 unspecified atom stereocenters. The molecule has 0 aliphatic heterocycles. The van der Waals surface area contributed by atoms with Gasteiger partial charge in [-0.05, 0) is 11.8 Å². The van der Waals surface area contributed by atoms with Gasteiger partial charge in [0.2, 0.25) is 0 Å². The van der Waals surface area contributed by atoms with Gasteiger partial charge in [0.15, 0.2) is 0 Å². The summed E-state index contributed by atoms with van der Waals surface area (Å²) in [6.45, 7) is 0.130. The second-order valence-electron chi connectivity index (χ2n) is 2.47. The van der Waals surface area contributed by atoms with Gasteiger partial charge in [-0.25, -0.2) is 0 Å². The van der Waals surface area contributed by atoms with E-state index in [1.807, 2.05) is 36.6 Å². The highest BCUT2D eigenvalue weighted by Gasteiger charge is 2.06. The Labute approximate surface area is 77.1 Å². The van der Waals surface area contributed by atoms with Crippen molar-refractivity contribution in [1.29, 1.82) is 0 Å². The fourth-order valence-corrected chi connectivity index (χ4v) is 1.53. The Morgan fingerprint density at radius 2 is 2.08 bits per heavy atom. The highest BCUT2D eigenvalue weighted by atomic mass is 32.2. The molecule has 0 spiro atoms. The topological polar surface area (TPSA) is 32.3 Å². The van der Waals surface area contributed by atoms with Gasteiger partial charge in [0.25, 0.3) is 0 Å². The van der Waals surface area contributed by atoms with Crippen molar-refractivity contribution in [2.24, 2.45) is 0 Å². The molecular formula is C9H13NOS. The molecule has 0 bridgehead atoms. The monoisotopic (exact) mass is 183 g/mol. The van der Waals surface area contributed by atoms with E-state index < -0.39 is 0 Å². The SMILES string of the molecule is CSN[C@H](CO)c1ccccc1. The minimum atomic E-state index is 0.0428. The second kappa shape index (κ2) is 5.19. The van der Waals surface area contributed by atoms with Crippen LogP contribution in [0.15, 0.2) is 30.3 Å². The van der Waals surface area contributed by atoms with Crippen molar-refractivity contribution in [3.8, 4) is 0 Å². The Balaban J connectivity index is 2.66. The molecule has 0 saturated heterocycles. The number of aliphatic hydroxyl groups excluding tert-OH is 1. The van der Waals surface area contributed by atoms with Crippen LogP contribution in [-0.4, -0.2) is 18.0 Å². The molecule has 2 N–H and O–H groups in total. The van der Waals surface area contributed by atoms with Crippen LogP contribution in [0.2, 0.25) is 0 Å². The zero-order chi connectivity index (χ0) is 8.81. The third kappa shape index (κ3) is 2.52. The van der Waals surface area contributed by atoms with Crippen molar-refractivity contribution >= 4 is 11.9 Å². The average molecular weight is 183 g/mol. The Hall–Kier alpha value is -0.510. The minimum absolute atomic E-state index is 0.0428. The van der Waals surface area contributed by atoms with E-state index in [1.54, 1.807) is 0 Å². The molecule has 12 heavy (non-hydrogen) atoms. The standard InChI is InChI=1S/C9H13NOS/c1-12-10-9(7-11)8-5-3-2-4-6-8/h2-6,9-11H,7H2,1H3/t9-/m1/s1. The molecule has 0 fully saturated rings. The first-order valence-electron chi connectivity index (χ1n) is 3.82.